The van der Waals surface area contributed by atoms with Crippen LogP contribution in [0.4, 0.5) is 0 Å². The number of nitrogens with one attached hydrogen (secondary N) is 2. The lowest BCUT2D eigenvalue weighted by atomic mass is 9.88. The molecule has 1 aliphatic heterocycles. The van der Waals surface area contributed by atoms with E-state index in [0.29, 0.717) is 24.8 Å². The first-order valence-electron chi connectivity index (χ1n) is 9.88. The Morgan fingerprint density at radius 3 is 2.92 bits per heavy atom. The van der Waals surface area contributed by atoms with Crippen molar-refractivity contribution in [1.82, 2.24) is 20.7 Å². The maximum atomic E-state index is 12.4. The smallest absolute Gasteiger partial charge is 0.237 e. The van der Waals surface area contributed by atoms with Gasteiger partial charge in [-0.05, 0) is 25.2 Å². The third-order valence-electron chi connectivity index (χ3n) is 5.47. The molecule has 0 radical (unpaired) electrons. The lowest BCUT2D eigenvalue weighted by molar-refractivity contribution is -0.134. The van der Waals surface area contributed by atoms with Crippen LogP contribution in [0.15, 0.2) is 10.6 Å². The van der Waals surface area contributed by atoms with Crippen molar-refractivity contribution in [1.29, 1.82) is 0 Å². The number of hydrogen-bond acceptors (Lipinski definition) is 5. The Balaban J connectivity index is 1.51. The SMILES string of the molecule is CCc1cc(CNC(=O)C[C@H]2C(=O)NCCN2CC2CCCCC2)on1. The normalized spacial score (nSPS) is 22.2. The van der Waals surface area contributed by atoms with Crippen LogP contribution in [0.1, 0.15) is 56.9 Å². The molecule has 2 N–H and O–H groups in total. The molecule has 0 spiro atoms. The lowest BCUT2D eigenvalue weighted by Crippen LogP contribution is -2.57. The summed E-state index contributed by atoms with van der Waals surface area (Å²) in [5, 5.41) is 9.67. The van der Waals surface area contributed by atoms with Crippen molar-refractivity contribution in [3.8, 4) is 0 Å². The number of hydrogen-bond donors (Lipinski definition) is 2. The first-order chi connectivity index (χ1) is 12.7. The molecule has 26 heavy (non-hydrogen) atoms. The molecule has 0 aromatic carbocycles. The van der Waals surface area contributed by atoms with E-state index in [1.807, 2.05) is 13.0 Å². The molecule has 1 saturated carbocycles. The molecule has 7 heteroatoms. The maximum absolute atomic E-state index is 12.4. The van der Waals surface area contributed by atoms with Crippen molar-refractivity contribution in [3.63, 3.8) is 0 Å². The van der Waals surface area contributed by atoms with Crippen LogP contribution in [0.5, 0.6) is 0 Å². The largest absolute Gasteiger partial charge is 0.359 e. The van der Waals surface area contributed by atoms with Gasteiger partial charge in [-0.1, -0.05) is 31.3 Å². The van der Waals surface area contributed by atoms with Crippen molar-refractivity contribution >= 4 is 11.8 Å². The standard InChI is InChI=1S/C19H30N4O3/c1-2-15-10-16(26-22-15)12-21-18(24)11-17-19(25)20-8-9-23(17)13-14-6-4-3-5-7-14/h10,14,17H,2-9,11-13H2,1H3,(H,20,25)(H,21,24)/t17-/m0/s1. The minimum atomic E-state index is -0.369. The van der Waals surface area contributed by atoms with Crippen LogP contribution in [0.3, 0.4) is 0 Å². The third-order valence-corrected chi connectivity index (χ3v) is 5.47. The predicted octanol–water partition coefficient (Wildman–Crippen LogP) is 1.62. The molecule has 1 saturated heterocycles. The van der Waals surface area contributed by atoms with Gasteiger partial charge in [0.25, 0.3) is 0 Å². The monoisotopic (exact) mass is 362 g/mol. The topological polar surface area (TPSA) is 87.5 Å². The lowest BCUT2D eigenvalue weighted by Gasteiger charge is -2.37. The molecule has 2 aliphatic rings. The van der Waals surface area contributed by atoms with Gasteiger partial charge in [-0.25, -0.2) is 0 Å². The first-order valence-corrected chi connectivity index (χ1v) is 9.88. The Labute approximate surface area is 154 Å². The maximum Gasteiger partial charge on any atom is 0.237 e. The number of nitrogens with zero attached hydrogens (tertiary/aromatic N) is 2. The van der Waals surface area contributed by atoms with Crippen LogP contribution in [0.25, 0.3) is 0 Å². The molecule has 7 nitrogen and oxygen atoms in total. The number of amides is 2. The van der Waals surface area contributed by atoms with Gasteiger partial charge in [0.1, 0.15) is 0 Å². The van der Waals surface area contributed by atoms with Crippen LogP contribution in [-0.2, 0) is 22.6 Å². The van der Waals surface area contributed by atoms with Crippen LogP contribution in [-0.4, -0.2) is 47.5 Å². The van der Waals surface area contributed by atoms with Crippen LogP contribution < -0.4 is 10.6 Å². The molecular weight excluding hydrogens is 332 g/mol. The fraction of sp³-hybridized carbons (Fsp3) is 0.737. The molecule has 1 aliphatic carbocycles. The average Bonchev–Trinajstić information content (AvgIpc) is 3.12. The van der Waals surface area contributed by atoms with Crippen molar-refractivity contribution in [2.24, 2.45) is 5.92 Å². The van der Waals surface area contributed by atoms with Gasteiger partial charge in [0.05, 0.1) is 24.7 Å². The summed E-state index contributed by atoms with van der Waals surface area (Å²) in [4.78, 5) is 26.9. The van der Waals surface area contributed by atoms with Gasteiger partial charge >= 0.3 is 0 Å². The van der Waals surface area contributed by atoms with E-state index >= 15 is 0 Å². The molecular formula is C19H30N4O3. The highest BCUT2D eigenvalue weighted by molar-refractivity contribution is 5.88. The van der Waals surface area contributed by atoms with Gasteiger partial charge < -0.3 is 15.2 Å². The van der Waals surface area contributed by atoms with Gasteiger partial charge in [0.2, 0.25) is 11.8 Å². The van der Waals surface area contributed by atoms with Crippen LogP contribution in [0.2, 0.25) is 0 Å². The van der Waals surface area contributed by atoms with E-state index in [0.717, 1.165) is 25.2 Å². The fourth-order valence-electron chi connectivity index (χ4n) is 3.94. The zero-order chi connectivity index (χ0) is 18.4. The second-order valence-electron chi connectivity index (χ2n) is 7.42. The number of rotatable bonds is 7. The summed E-state index contributed by atoms with van der Waals surface area (Å²) in [6.07, 6.45) is 7.36. The van der Waals surface area contributed by atoms with E-state index in [-0.39, 0.29) is 24.3 Å². The molecule has 0 bridgehead atoms. The number of carbonyl (C=O) groups excluding carboxylic acids is 2. The van der Waals surface area contributed by atoms with Crippen LogP contribution >= 0.6 is 0 Å². The molecule has 1 atom stereocenters. The molecule has 2 amide bonds. The molecule has 0 unspecified atom stereocenters. The number of carbonyl (C=O) groups is 2. The Bertz CT molecular complexity index is 610. The zero-order valence-electron chi connectivity index (χ0n) is 15.6. The molecule has 1 aromatic rings. The van der Waals surface area contributed by atoms with Crippen molar-refractivity contribution in [2.75, 3.05) is 19.6 Å². The highest BCUT2D eigenvalue weighted by atomic mass is 16.5. The molecule has 2 fully saturated rings. The molecule has 144 valence electrons. The summed E-state index contributed by atoms with van der Waals surface area (Å²) in [6.45, 7) is 4.72. The van der Waals surface area contributed by atoms with Crippen molar-refractivity contribution in [2.45, 2.75) is 64.5 Å². The van der Waals surface area contributed by atoms with Crippen molar-refractivity contribution in [3.05, 3.63) is 17.5 Å². The Morgan fingerprint density at radius 1 is 1.38 bits per heavy atom. The highest BCUT2D eigenvalue weighted by Gasteiger charge is 2.33. The molecule has 1 aromatic heterocycles. The summed E-state index contributed by atoms with van der Waals surface area (Å²) in [7, 11) is 0. The second-order valence-corrected chi connectivity index (χ2v) is 7.42. The van der Waals surface area contributed by atoms with Gasteiger partial charge in [-0.15, -0.1) is 0 Å². The average molecular weight is 362 g/mol. The zero-order valence-corrected chi connectivity index (χ0v) is 15.6. The van der Waals surface area contributed by atoms with Gasteiger partial charge in [0.15, 0.2) is 5.76 Å². The minimum Gasteiger partial charge on any atom is -0.359 e. The van der Waals surface area contributed by atoms with E-state index in [1.54, 1.807) is 0 Å². The summed E-state index contributed by atoms with van der Waals surface area (Å²) in [5.74, 6) is 1.13. The molecule has 2 heterocycles. The summed E-state index contributed by atoms with van der Waals surface area (Å²) >= 11 is 0. The van der Waals surface area contributed by atoms with Gasteiger partial charge in [-0.3, -0.25) is 14.5 Å². The van der Waals surface area contributed by atoms with E-state index < -0.39 is 0 Å². The Morgan fingerprint density at radius 2 is 2.19 bits per heavy atom. The minimum absolute atomic E-state index is 0.0323. The van der Waals surface area contributed by atoms with E-state index in [1.165, 1.54) is 32.1 Å². The number of piperazine rings is 1. The quantitative estimate of drug-likeness (QED) is 0.770. The molecule has 3 rings (SSSR count). The van der Waals surface area contributed by atoms with E-state index in [9.17, 15) is 9.59 Å². The predicted molar refractivity (Wildman–Crippen MR) is 97.3 cm³/mol. The Hall–Kier alpha value is -1.89. The third kappa shape index (κ3) is 5.06. The van der Waals surface area contributed by atoms with Gasteiger partial charge in [0, 0.05) is 25.7 Å². The highest BCUT2D eigenvalue weighted by Crippen LogP contribution is 2.25. The summed E-state index contributed by atoms with van der Waals surface area (Å²) in [6, 6.07) is 1.48. The summed E-state index contributed by atoms with van der Waals surface area (Å²) < 4.78 is 5.18. The van der Waals surface area contributed by atoms with E-state index in [4.69, 9.17) is 4.52 Å². The van der Waals surface area contributed by atoms with Gasteiger partial charge in [-0.2, -0.15) is 0 Å². The van der Waals surface area contributed by atoms with E-state index in [2.05, 4.69) is 20.7 Å². The second kappa shape index (κ2) is 9.16. The number of aromatic nitrogens is 1. The first kappa shape index (κ1) is 18.9. The fourth-order valence-corrected chi connectivity index (χ4v) is 3.94. The van der Waals surface area contributed by atoms with Crippen molar-refractivity contribution < 1.29 is 14.1 Å². The van der Waals surface area contributed by atoms with Crippen LogP contribution in [0, 0.1) is 5.92 Å². The Kier molecular flexibility index (Phi) is 6.66. The summed E-state index contributed by atoms with van der Waals surface area (Å²) in [5.41, 5.74) is 0.875. The number of aryl methyl sites for hydroxylation is 1.